The molecule has 43 heavy (non-hydrogen) atoms. The molecule has 0 aromatic heterocycles. The van der Waals surface area contributed by atoms with Gasteiger partial charge in [-0.2, -0.15) is 15.0 Å². The summed E-state index contributed by atoms with van der Waals surface area (Å²) in [7, 11) is 0. The molecule has 0 spiro atoms. The van der Waals surface area contributed by atoms with Gasteiger partial charge in [0.2, 0.25) is 11.8 Å². The van der Waals surface area contributed by atoms with E-state index in [0.717, 1.165) is 16.1 Å². The molecule has 0 atom stereocenters. The third-order valence-electron chi connectivity index (χ3n) is 5.37. The molecule has 10 nitrogen and oxygen atoms in total. The van der Waals surface area contributed by atoms with Crippen LogP contribution in [0.15, 0.2) is 72.8 Å². The van der Waals surface area contributed by atoms with Crippen molar-refractivity contribution in [3.05, 3.63) is 93.1 Å². The second-order valence-corrected chi connectivity index (χ2v) is 12.7. The number of rotatable bonds is 5. The Kier molecular flexibility index (Phi) is 12.5. The molecule has 3 aromatic rings. The Morgan fingerprint density at radius 2 is 1.23 bits per heavy atom. The second-order valence-electron chi connectivity index (χ2n) is 8.65. The SMILES string of the molecule is CC(=O)c1ccc(N(O)C(C)=O)cc1.CC(=O)c1ccc(N(OC(F)(F)F)C(C)=O)cc1.CI1OC(=O)c2ccccc21. The molecule has 14 heteroatoms. The van der Waals surface area contributed by atoms with Gasteiger partial charge in [-0.3, -0.25) is 24.4 Å². The summed E-state index contributed by atoms with van der Waals surface area (Å²) in [5.74, 6) is -1.81. The van der Waals surface area contributed by atoms with Gasteiger partial charge in [0.1, 0.15) is 0 Å². The zero-order valence-electron chi connectivity index (χ0n) is 23.6. The molecule has 0 bridgehead atoms. The van der Waals surface area contributed by atoms with Gasteiger partial charge in [-0.25, -0.2) is 0 Å². The number of carbonyl (C=O) groups is 5. The number of halogens is 4. The van der Waals surface area contributed by atoms with E-state index in [9.17, 15) is 42.4 Å². The zero-order valence-corrected chi connectivity index (χ0v) is 25.8. The predicted octanol–water partition coefficient (Wildman–Crippen LogP) is 6.40. The number of alkyl halides is 4. The summed E-state index contributed by atoms with van der Waals surface area (Å²) < 4.78 is 42.6. The Hall–Kier alpha value is -4.15. The van der Waals surface area contributed by atoms with Crippen molar-refractivity contribution in [2.24, 2.45) is 0 Å². The molecule has 1 aliphatic heterocycles. The van der Waals surface area contributed by atoms with E-state index in [4.69, 9.17) is 3.07 Å². The molecule has 0 aliphatic carbocycles. The first kappa shape index (κ1) is 35.0. The van der Waals surface area contributed by atoms with Crippen LogP contribution in [0.25, 0.3) is 0 Å². The zero-order chi connectivity index (χ0) is 32.5. The average Bonchev–Trinajstić information content (AvgIpc) is 3.24. The van der Waals surface area contributed by atoms with Gasteiger partial charge >= 0.3 is 78.8 Å². The third-order valence-corrected chi connectivity index (χ3v) is 9.01. The van der Waals surface area contributed by atoms with E-state index in [0.29, 0.717) is 21.9 Å². The fourth-order valence-electron chi connectivity index (χ4n) is 3.30. The molecule has 0 fully saturated rings. The van der Waals surface area contributed by atoms with Gasteiger partial charge in [0.15, 0.2) is 11.6 Å². The van der Waals surface area contributed by atoms with Crippen LogP contribution in [-0.4, -0.2) is 45.9 Å². The van der Waals surface area contributed by atoms with Crippen molar-refractivity contribution >= 4 is 61.0 Å². The minimum absolute atomic E-state index is 0.0520. The van der Waals surface area contributed by atoms with Crippen molar-refractivity contribution in [3.63, 3.8) is 0 Å². The Labute approximate surface area is 252 Å². The fourth-order valence-corrected chi connectivity index (χ4v) is 6.31. The van der Waals surface area contributed by atoms with Crippen LogP contribution in [0.2, 0.25) is 0 Å². The van der Waals surface area contributed by atoms with E-state index < -0.39 is 38.4 Å². The number of hydroxylamine groups is 2. The number of nitrogens with zero attached hydrogens (tertiary/aromatic N) is 2. The Morgan fingerprint density at radius 3 is 1.63 bits per heavy atom. The number of hydrogen-bond donors (Lipinski definition) is 1. The van der Waals surface area contributed by atoms with Gasteiger partial charge < -0.3 is 0 Å². The Balaban J connectivity index is 0.000000231. The molecule has 0 saturated carbocycles. The minimum atomic E-state index is -4.97. The standard InChI is InChI=1S/C11H10F3NO3.C10H11NO3.C8H7IO2/c1-7(16)9-3-5-10(6-4-9)15(8(2)17)18-11(12,13)14;1-7(12)9-3-5-10(6-4-9)11(14)8(2)13;1-9-7-5-3-2-4-6(7)8(10)11-9/h3-6H,1-2H3;3-6,14H,1-2H3;2-5H,1H3. The number of Topliss-reactive ketones (excluding diaryl/α,β-unsaturated/α-hetero) is 2. The summed E-state index contributed by atoms with van der Waals surface area (Å²) in [5.41, 5.74) is 1.90. The first-order valence-electron chi connectivity index (χ1n) is 12.2. The van der Waals surface area contributed by atoms with E-state index in [1.54, 1.807) is 12.1 Å². The van der Waals surface area contributed by atoms with Crippen molar-refractivity contribution in [1.82, 2.24) is 0 Å². The molecule has 3 aromatic carbocycles. The summed E-state index contributed by atoms with van der Waals surface area (Å²) >= 11 is -1.52. The molecular formula is C29H28F3IN2O8. The fraction of sp³-hybridized carbons (Fsp3) is 0.207. The van der Waals surface area contributed by atoms with Crippen LogP contribution in [-0.2, 0) is 17.5 Å². The van der Waals surface area contributed by atoms with Crippen LogP contribution >= 0.6 is 20.2 Å². The molecule has 0 saturated heterocycles. The van der Waals surface area contributed by atoms with Crippen molar-refractivity contribution in [2.75, 3.05) is 15.1 Å². The topological polar surface area (TPSA) is 131 Å². The van der Waals surface area contributed by atoms with E-state index in [1.165, 1.54) is 57.2 Å². The molecule has 4 rings (SSSR count). The van der Waals surface area contributed by atoms with E-state index in [2.05, 4.69) is 4.84 Å². The molecule has 1 N–H and O–H groups in total. The number of ketones is 2. The number of amides is 2. The third kappa shape index (κ3) is 10.6. The van der Waals surface area contributed by atoms with Crippen LogP contribution in [0, 0.1) is 3.57 Å². The monoisotopic (exact) mass is 716 g/mol. The van der Waals surface area contributed by atoms with Crippen molar-refractivity contribution < 1.29 is 50.3 Å². The number of anilines is 2. The molecule has 0 radical (unpaired) electrons. The summed E-state index contributed by atoms with van der Waals surface area (Å²) in [6.07, 6.45) is -4.97. The molecule has 1 aliphatic rings. The molecule has 1 heterocycles. The van der Waals surface area contributed by atoms with Crippen molar-refractivity contribution in [2.45, 2.75) is 34.1 Å². The molecular weight excluding hydrogens is 688 g/mol. The van der Waals surface area contributed by atoms with Gasteiger partial charge in [-0.05, 0) is 62.4 Å². The van der Waals surface area contributed by atoms with E-state index in [1.807, 2.05) is 29.2 Å². The normalized spacial score (nSPS) is 12.4. The number of carbonyl (C=O) groups excluding carboxylic acids is 5. The van der Waals surface area contributed by atoms with Crippen molar-refractivity contribution in [1.29, 1.82) is 0 Å². The Morgan fingerprint density at radius 1 is 0.767 bits per heavy atom. The molecule has 230 valence electrons. The van der Waals surface area contributed by atoms with Crippen LogP contribution in [0.5, 0.6) is 0 Å². The van der Waals surface area contributed by atoms with Gasteiger partial charge in [-0.15, -0.1) is 13.2 Å². The summed E-state index contributed by atoms with van der Waals surface area (Å²) in [6, 6.07) is 18.8. The number of benzene rings is 3. The Bertz CT molecular complexity index is 1480. The summed E-state index contributed by atoms with van der Waals surface area (Å²) in [5, 5.41) is 9.87. The average molecular weight is 716 g/mol. The first-order chi connectivity index (χ1) is 20.0. The summed E-state index contributed by atoms with van der Waals surface area (Å²) in [6.45, 7) is 4.96. The summed E-state index contributed by atoms with van der Waals surface area (Å²) in [4.78, 5) is 60.5. The van der Waals surface area contributed by atoms with Gasteiger partial charge in [-0.1, -0.05) is 0 Å². The van der Waals surface area contributed by atoms with Gasteiger partial charge in [0.05, 0.1) is 11.4 Å². The number of hydrogen-bond acceptors (Lipinski definition) is 8. The van der Waals surface area contributed by atoms with Gasteiger partial charge in [0, 0.05) is 25.0 Å². The predicted molar refractivity (Wildman–Crippen MR) is 159 cm³/mol. The van der Waals surface area contributed by atoms with Crippen molar-refractivity contribution in [3.8, 4) is 0 Å². The van der Waals surface area contributed by atoms with Crippen LogP contribution in [0.3, 0.4) is 0 Å². The van der Waals surface area contributed by atoms with Crippen LogP contribution in [0.1, 0.15) is 58.8 Å². The molecule has 2 amide bonds. The van der Waals surface area contributed by atoms with E-state index >= 15 is 0 Å². The van der Waals surface area contributed by atoms with Gasteiger partial charge in [0.25, 0.3) is 0 Å². The molecule has 0 unspecified atom stereocenters. The van der Waals surface area contributed by atoms with Crippen LogP contribution in [0.4, 0.5) is 24.5 Å². The number of fused-ring (bicyclic) bond motifs is 1. The second kappa shape index (κ2) is 15.4. The first-order valence-corrected chi connectivity index (χ1v) is 16.3. The van der Waals surface area contributed by atoms with Crippen LogP contribution < -0.4 is 10.1 Å². The quantitative estimate of drug-likeness (QED) is 0.106. The maximum absolute atomic E-state index is 12.1. The maximum atomic E-state index is 12.1. The van der Waals surface area contributed by atoms with E-state index in [-0.39, 0.29) is 28.3 Å².